The predicted molar refractivity (Wildman–Crippen MR) is 135 cm³/mol. The summed E-state index contributed by atoms with van der Waals surface area (Å²) in [6, 6.07) is 23.9. The summed E-state index contributed by atoms with van der Waals surface area (Å²) in [6.07, 6.45) is 0.413. The molecule has 0 atom stereocenters. The van der Waals surface area contributed by atoms with E-state index in [9.17, 15) is 12.8 Å². The monoisotopic (exact) mass is 504 g/mol. The standard InChI is InChI=1S/C27H25FN4O3S/c1-31(18-20-8-4-2-5-9-20)27-29-25-16-17-32(36(33,34)23-10-6-3-7-11-23)19-24(25)26(30-27)35-22-14-12-21(28)13-15-22/h2-15H,16-19H2,1H3. The number of fused-ring (bicyclic) bond motifs is 1. The van der Waals surface area contributed by atoms with Gasteiger partial charge in [-0.15, -0.1) is 0 Å². The van der Waals surface area contributed by atoms with Gasteiger partial charge >= 0.3 is 0 Å². The molecule has 3 aromatic carbocycles. The first-order valence-electron chi connectivity index (χ1n) is 11.5. The zero-order valence-corrected chi connectivity index (χ0v) is 20.5. The second-order valence-electron chi connectivity index (χ2n) is 8.55. The van der Waals surface area contributed by atoms with Crippen LogP contribution in [0.5, 0.6) is 11.6 Å². The molecule has 5 rings (SSSR count). The Balaban J connectivity index is 1.50. The summed E-state index contributed by atoms with van der Waals surface area (Å²) in [4.78, 5) is 11.6. The lowest BCUT2D eigenvalue weighted by Gasteiger charge is -2.29. The summed E-state index contributed by atoms with van der Waals surface area (Å²) in [5.74, 6) is 0.746. The van der Waals surface area contributed by atoms with Gasteiger partial charge in [0.1, 0.15) is 11.6 Å². The van der Waals surface area contributed by atoms with Crippen molar-refractivity contribution in [1.29, 1.82) is 0 Å². The Labute approximate surface area is 209 Å². The van der Waals surface area contributed by atoms with Crippen LogP contribution in [0, 0.1) is 5.82 Å². The molecule has 0 unspecified atom stereocenters. The molecule has 0 aliphatic carbocycles. The minimum absolute atomic E-state index is 0.0752. The van der Waals surface area contributed by atoms with Crippen molar-refractivity contribution in [2.24, 2.45) is 0 Å². The molecule has 0 bridgehead atoms. The molecule has 0 N–H and O–H groups in total. The number of benzene rings is 3. The van der Waals surface area contributed by atoms with Crippen molar-refractivity contribution < 1.29 is 17.5 Å². The minimum atomic E-state index is -3.70. The first-order valence-corrected chi connectivity index (χ1v) is 13.0. The number of hydrogen-bond acceptors (Lipinski definition) is 6. The Kier molecular flexibility index (Phi) is 6.67. The number of halogens is 1. The Bertz CT molecular complexity index is 1450. The first-order chi connectivity index (χ1) is 17.4. The van der Waals surface area contributed by atoms with Gasteiger partial charge in [0.25, 0.3) is 0 Å². The lowest BCUT2D eigenvalue weighted by Crippen LogP contribution is -2.37. The van der Waals surface area contributed by atoms with Crippen molar-refractivity contribution in [1.82, 2.24) is 14.3 Å². The van der Waals surface area contributed by atoms with Gasteiger partial charge in [-0.25, -0.2) is 17.8 Å². The number of nitrogens with zero attached hydrogens (tertiary/aromatic N) is 4. The van der Waals surface area contributed by atoms with Crippen LogP contribution >= 0.6 is 0 Å². The highest BCUT2D eigenvalue weighted by molar-refractivity contribution is 7.89. The lowest BCUT2D eigenvalue weighted by molar-refractivity contribution is 0.369. The zero-order chi connectivity index (χ0) is 25.1. The van der Waals surface area contributed by atoms with Crippen LogP contribution in [-0.2, 0) is 29.5 Å². The third kappa shape index (κ3) is 5.07. The summed E-state index contributed by atoms with van der Waals surface area (Å²) < 4.78 is 47.5. The van der Waals surface area contributed by atoms with E-state index in [-0.39, 0.29) is 23.1 Å². The number of aromatic nitrogens is 2. The van der Waals surface area contributed by atoms with Crippen molar-refractivity contribution in [2.45, 2.75) is 24.4 Å². The number of anilines is 1. The largest absolute Gasteiger partial charge is 0.438 e. The summed E-state index contributed by atoms with van der Waals surface area (Å²) in [5.41, 5.74) is 2.43. The zero-order valence-electron chi connectivity index (χ0n) is 19.7. The van der Waals surface area contributed by atoms with Crippen molar-refractivity contribution in [3.63, 3.8) is 0 Å². The maximum absolute atomic E-state index is 13.5. The quantitative estimate of drug-likeness (QED) is 0.360. The molecule has 2 heterocycles. The van der Waals surface area contributed by atoms with Crippen LogP contribution in [0.2, 0.25) is 0 Å². The van der Waals surface area contributed by atoms with Crippen molar-refractivity contribution in [2.75, 3.05) is 18.5 Å². The van der Waals surface area contributed by atoms with Crippen molar-refractivity contribution in [3.05, 3.63) is 108 Å². The van der Waals surface area contributed by atoms with Gasteiger partial charge in [0.05, 0.1) is 16.2 Å². The molecule has 0 spiro atoms. The molecule has 0 saturated heterocycles. The SMILES string of the molecule is CN(Cc1ccccc1)c1nc2c(c(Oc3ccc(F)cc3)n1)CN(S(=O)(=O)c1ccccc1)CC2. The second kappa shape index (κ2) is 10.0. The van der Waals surface area contributed by atoms with Crippen LogP contribution in [0.3, 0.4) is 0 Å². The van der Waals surface area contributed by atoms with E-state index in [2.05, 4.69) is 4.98 Å². The summed E-state index contributed by atoms with van der Waals surface area (Å²) >= 11 is 0. The third-order valence-electron chi connectivity index (χ3n) is 5.99. The van der Waals surface area contributed by atoms with E-state index in [1.807, 2.05) is 42.3 Å². The Morgan fingerprint density at radius 2 is 1.61 bits per heavy atom. The van der Waals surface area contributed by atoms with Crippen LogP contribution in [0.1, 0.15) is 16.8 Å². The molecular weight excluding hydrogens is 479 g/mol. The summed E-state index contributed by atoms with van der Waals surface area (Å²) in [5, 5.41) is 0. The number of ether oxygens (including phenoxy) is 1. The fourth-order valence-electron chi connectivity index (χ4n) is 4.09. The second-order valence-corrected chi connectivity index (χ2v) is 10.5. The molecule has 0 amide bonds. The van der Waals surface area contributed by atoms with Crippen LogP contribution in [0.25, 0.3) is 0 Å². The molecule has 36 heavy (non-hydrogen) atoms. The first kappa shape index (κ1) is 23.9. The third-order valence-corrected chi connectivity index (χ3v) is 7.85. The molecular formula is C27H25FN4O3S. The van der Waals surface area contributed by atoms with E-state index in [4.69, 9.17) is 9.72 Å². The van der Waals surface area contributed by atoms with Gasteiger partial charge < -0.3 is 9.64 Å². The van der Waals surface area contributed by atoms with Crippen molar-refractivity contribution >= 4 is 16.0 Å². The van der Waals surface area contributed by atoms with Gasteiger partial charge in [-0.05, 0) is 42.0 Å². The smallest absolute Gasteiger partial charge is 0.243 e. The van der Waals surface area contributed by atoms with Crippen LogP contribution in [0.15, 0.2) is 89.8 Å². The highest BCUT2D eigenvalue weighted by Crippen LogP contribution is 2.33. The van der Waals surface area contributed by atoms with Crippen LogP contribution < -0.4 is 9.64 Å². The van der Waals surface area contributed by atoms with Gasteiger partial charge in [-0.1, -0.05) is 48.5 Å². The molecule has 0 saturated carbocycles. The highest BCUT2D eigenvalue weighted by atomic mass is 32.2. The summed E-state index contributed by atoms with van der Waals surface area (Å²) in [7, 11) is -1.81. The van der Waals surface area contributed by atoms with Gasteiger partial charge in [0.2, 0.25) is 21.9 Å². The van der Waals surface area contributed by atoms with Crippen LogP contribution in [0.4, 0.5) is 10.3 Å². The average Bonchev–Trinajstić information content (AvgIpc) is 2.90. The molecule has 4 aromatic rings. The van der Waals surface area contributed by atoms with E-state index in [1.165, 1.54) is 28.6 Å². The van der Waals surface area contributed by atoms with Gasteiger partial charge in [-0.3, -0.25) is 0 Å². The summed E-state index contributed by atoms with van der Waals surface area (Å²) in [6.45, 7) is 0.953. The minimum Gasteiger partial charge on any atom is -0.438 e. The Morgan fingerprint density at radius 3 is 2.31 bits per heavy atom. The van der Waals surface area contributed by atoms with E-state index in [0.717, 1.165) is 11.3 Å². The number of sulfonamides is 1. The molecule has 1 aliphatic rings. The lowest BCUT2D eigenvalue weighted by atomic mass is 10.1. The van der Waals surface area contributed by atoms with Gasteiger partial charge in [0.15, 0.2) is 0 Å². The molecule has 9 heteroatoms. The van der Waals surface area contributed by atoms with Crippen LogP contribution in [-0.4, -0.2) is 36.3 Å². The van der Waals surface area contributed by atoms with Gasteiger partial charge in [-0.2, -0.15) is 9.29 Å². The predicted octanol–water partition coefficient (Wildman–Crippen LogP) is 4.79. The van der Waals surface area contributed by atoms with Crippen molar-refractivity contribution in [3.8, 4) is 11.6 Å². The molecule has 1 aliphatic heterocycles. The fourth-order valence-corrected chi connectivity index (χ4v) is 5.52. The molecule has 184 valence electrons. The maximum atomic E-state index is 13.5. The molecule has 0 fully saturated rings. The van der Waals surface area contributed by atoms with E-state index < -0.39 is 10.0 Å². The topological polar surface area (TPSA) is 75.6 Å². The normalized spacial score (nSPS) is 13.7. The van der Waals surface area contributed by atoms with Gasteiger partial charge in [0, 0.05) is 33.1 Å². The average molecular weight is 505 g/mol. The molecule has 1 aromatic heterocycles. The Morgan fingerprint density at radius 1 is 0.944 bits per heavy atom. The highest BCUT2D eigenvalue weighted by Gasteiger charge is 2.32. The Hall–Kier alpha value is -3.82. The number of hydrogen-bond donors (Lipinski definition) is 0. The van der Waals surface area contributed by atoms with E-state index in [1.54, 1.807) is 30.3 Å². The molecule has 0 radical (unpaired) electrons. The fraction of sp³-hybridized carbons (Fsp3) is 0.185. The van der Waals surface area contributed by atoms with E-state index >= 15 is 0 Å². The molecule has 7 nitrogen and oxygen atoms in total. The maximum Gasteiger partial charge on any atom is 0.243 e. The number of rotatable bonds is 7. The van der Waals surface area contributed by atoms with E-state index in [0.29, 0.717) is 36.8 Å².